The van der Waals surface area contributed by atoms with Crippen molar-refractivity contribution in [2.45, 2.75) is 13.0 Å². The summed E-state index contributed by atoms with van der Waals surface area (Å²) in [5.74, 6) is -0.706. The highest BCUT2D eigenvalue weighted by Gasteiger charge is 2.22. The van der Waals surface area contributed by atoms with Crippen LogP contribution in [0.1, 0.15) is 12.5 Å². The van der Waals surface area contributed by atoms with Gasteiger partial charge in [-0.15, -0.1) is 0 Å². The first-order chi connectivity index (χ1) is 14.8. The Balaban J connectivity index is 1.66. The van der Waals surface area contributed by atoms with Gasteiger partial charge < -0.3 is 19.5 Å². The lowest BCUT2D eigenvalue weighted by Gasteiger charge is -2.14. The van der Waals surface area contributed by atoms with Crippen molar-refractivity contribution in [3.8, 4) is 17.6 Å². The highest BCUT2D eigenvalue weighted by molar-refractivity contribution is 6.34. The van der Waals surface area contributed by atoms with Crippen molar-refractivity contribution in [1.82, 2.24) is 0 Å². The van der Waals surface area contributed by atoms with Gasteiger partial charge in [-0.1, -0.05) is 17.7 Å². The fourth-order valence-electron chi connectivity index (χ4n) is 2.54. The van der Waals surface area contributed by atoms with Crippen LogP contribution in [0.3, 0.4) is 0 Å². The van der Waals surface area contributed by atoms with Crippen LogP contribution in [-0.2, 0) is 14.3 Å². The summed E-state index contributed by atoms with van der Waals surface area (Å²) in [4.78, 5) is 34.7. The zero-order valence-electron chi connectivity index (χ0n) is 16.0. The Kier molecular flexibility index (Phi) is 6.37. The van der Waals surface area contributed by atoms with Gasteiger partial charge in [-0.25, -0.2) is 4.79 Å². The molecule has 0 fully saturated rings. The molecule has 2 aromatic carbocycles. The number of esters is 1. The van der Waals surface area contributed by atoms with Gasteiger partial charge in [0, 0.05) is 12.1 Å². The number of anilines is 1. The van der Waals surface area contributed by atoms with Crippen molar-refractivity contribution in [3.63, 3.8) is 0 Å². The van der Waals surface area contributed by atoms with E-state index in [9.17, 15) is 25.0 Å². The van der Waals surface area contributed by atoms with Gasteiger partial charge in [0.25, 0.3) is 11.6 Å². The van der Waals surface area contributed by atoms with Crippen LogP contribution in [0.15, 0.2) is 42.0 Å². The van der Waals surface area contributed by atoms with Crippen LogP contribution in [0, 0.1) is 21.4 Å². The number of hydrogen-bond donors (Lipinski definition) is 1. The van der Waals surface area contributed by atoms with Crippen LogP contribution in [0.5, 0.6) is 11.5 Å². The first-order valence-corrected chi connectivity index (χ1v) is 9.13. The Morgan fingerprint density at radius 1 is 1.29 bits per heavy atom. The van der Waals surface area contributed by atoms with Crippen molar-refractivity contribution in [2.24, 2.45) is 0 Å². The summed E-state index contributed by atoms with van der Waals surface area (Å²) in [7, 11) is 0. The average molecular weight is 444 g/mol. The molecule has 158 valence electrons. The first kappa shape index (κ1) is 21.6. The maximum absolute atomic E-state index is 12.3. The molecule has 1 unspecified atom stereocenters. The molecule has 1 heterocycles. The van der Waals surface area contributed by atoms with Crippen LogP contribution >= 0.6 is 11.6 Å². The molecule has 0 bridgehead atoms. The molecule has 1 amide bonds. The Hall–Kier alpha value is -4.10. The zero-order chi connectivity index (χ0) is 22.5. The number of ether oxygens (including phenoxy) is 3. The van der Waals surface area contributed by atoms with E-state index in [1.54, 1.807) is 24.3 Å². The fourth-order valence-corrected chi connectivity index (χ4v) is 2.76. The van der Waals surface area contributed by atoms with E-state index in [4.69, 9.17) is 25.8 Å². The molecule has 0 spiro atoms. The van der Waals surface area contributed by atoms with Crippen molar-refractivity contribution in [1.29, 1.82) is 5.26 Å². The van der Waals surface area contributed by atoms with Crippen LogP contribution in [-0.4, -0.2) is 29.7 Å². The Morgan fingerprint density at radius 3 is 2.71 bits per heavy atom. The minimum Gasteiger partial charge on any atom is -0.454 e. The normalized spacial score (nSPS) is 13.1. The summed E-state index contributed by atoms with van der Waals surface area (Å²) in [6.07, 6.45) is 0.0227. The summed E-state index contributed by atoms with van der Waals surface area (Å²) in [5, 5.41) is 22.4. The van der Waals surface area contributed by atoms with E-state index >= 15 is 0 Å². The summed E-state index contributed by atoms with van der Waals surface area (Å²) in [6.45, 7) is 1.39. The topological polar surface area (TPSA) is 141 Å². The van der Waals surface area contributed by atoms with E-state index in [0.717, 1.165) is 6.07 Å². The van der Waals surface area contributed by atoms with E-state index in [-0.39, 0.29) is 28.8 Å². The van der Waals surface area contributed by atoms with Crippen molar-refractivity contribution < 1.29 is 28.7 Å². The minimum atomic E-state index is -1.27. The van der Waals surface area contributed by atoms with Crippen LogP contribution in [0.4, 0.5) is 11.4 Å². The number of nitro benzene ring substituents is 1. The second-order valence-electron chi connectivity index (χ2n) is 6.24. The third kappa shape index (κ3) is 5.09. The highest BCUT2D eigenvalue weighted by atomic mass is 35.5. The molecule has 10 nitrogen and oxygen atoms in total. The molecule has 1 atom stereocenters. The molecular weight excluding hydrogens is 430 g/mol. The molecule has 0 aromatic heterocycles. The van der Waals surface area contributed by atoms with Gasteiger partial charge in [-0.05, 0) is 36.8 Å². The van der Waals surface area contributed by atoms with Crippen molar-refractivity contribution >= 4 is 40.9 Å². The quantitative estimate of drug-likeness (QED) is 0.235. The number of carbonyl (C=O) groups excluding carboxylic acids is 2. The number of carbonyl (C=O) groups is 2. The molecule has 0 saturated carbocycles. The number of nitro groups is 1. The molecule has 1 N–H and O–H groups in total. The molecular formula is C20H14ClN3O7. The monoisotopic (exact) mass is 443 g/mol. The standard InChI is InChI=1S/C20H14ClN3O7/c1-11(19(25)23-16-4-3-14(24(27)28)8-15(16)21)31-20(26)13(9-22)6-12-2-5-17-18(7-12)30-10-29-17/h2-8,11H,10H2,1H3,(H,23,25)/b13-6+. The van der Waals surface area contributed by atoms with Gasteiger partial charge in [0.1, 0.15) is 11.6 Å². The van der Waals surface area contributed by atoms with Gasteiger partial charge in [-0.2, -0.15) is 5.26 Å². The average Bonchev–Trinajstić information content (AvgIpc) is 3.20. The Morgan fingerprint density at radius 2 is 2.03 bits per heavy atom. The number of nitrogens with zero attached hydrogens (tertiary/aromatic N) is 2. The lowest BCUT2D eigenvalue weighted by Crippen LogP contribution is -2.30. The second-order valence-corrected chi connectivity index (χ2v) is 6.65. The van der Waals surface area contributed by atoms with Crippen molar-refractivity contribution in [3.05, 3.63) is 62.7 Å². The van der Waals surface area contributed by atoms with Gasteiger partial charge in [0.2, 0.25) is 6.79 Å². The number of amides is 1. The number of non-ortho nitro benzene ring substituents is 1. The SMILES string of the molecule is CC(OC(=O)/C(C#N)=C/c1ccc2c(c1)OCO2)C(=O)Nc1ccc([N+](=O)[O-])cc1Cl. The van der Waals surface area contributed by atoms with E-state index in [0.29, 0.717) is 17.1 Å². The van der Waals surface area contributed by atoms with E-state index < -0.39 is 22.9 Å². The molecule has 31 heavy (non-hydrogen) atoms. The molecule has 0 aliphatic carbocycles. The summed E-state index contributed by atoms with van der Waals surface area (Å²) in [6, 6.07) is 10.1. The highest BCUT2D eigenvalue weighted by Crippen LogP contribution is 2.33. The number of nitrogens with one attached hydrogen (secondary N) is 1. The molecule has 1 aliphatic heterocycles. The lowest BCUT2D eigenvalue weighted by atomic mass is 10.1. The van der Waals surface area contributed by atoms with E-state index in [2.05, 4.69) is 5.32 Å². The van der Waals surface area contributed by atoms with E-state index in [1.807, 2.05) is 0 Å². The predicted octanol–water partition coefficient (Wildman–Crippen LogP) is 3.45. The Bertz CT molecular complexity index is 1140. The largest absolute Gasteiger partial charge is 0.454 e. The van der Waals surface area contributed by atoms with Crippen molar-refractivity contribution in [2.75, 3.05) is 12.1 Å². The van der Waals surface area contributed by atoms with Gasteiger partial charge in [-0.3, -0.25) is 14.9 Å². The summed E-state index contributed by atoms with van der Waals surface area (Å²) in [5.41, 5.74) is 0.0470. The Labute approximate surface area is 180 Å². The third-order valence-corrected chi connectivity index (χ3v) is 4.44. The molecule has 0 radical (unpaired) electrons. The van der Waals surface area contributed by atoms with E-state index in [1.165, 1.54) is 25.1 Å². The zero-order valence-corrected chi connectivity index (χ0v) is 16.7. The first-order valence-electron chi connectivity index (χ1n) is 8.75. The minimum absolute atomic E-state index is 0.0542. The van der Waals surface area contributed by atoms with Gasteiger partial charge in [0.05, 0.1) is 15.6 Å². The number of benzene rings is 2. The molecule has 3 rings (SSSR count). The second kappa shape index (κ2) is 9.15. The van der Waals surface area contributed by atoms with Crippen LogP contribution < -0.4 is 14.8 Å². The third-order valence-electron chi connectivity index (χ3n) is 4.12. The molecule has 0 saturated heterocycles. The summed E-state index contributed by atoms with van der Waals surface area (Å²) >= 11 is 5.93. The maximum atomic E-state index is 12.3. The number of hydrogen-bond acceptors (Lipinski definition) is 8. The molecule has 11 heteroatoms. The number of rotatable bonds is 6. The molecule has 2 aromatic rings. The van der Waals surface area contributed by atoms with Crippen LogP contribution in [0.25, 0.3) is 6.08 Å². The fraction of sp³-hybridized carbons (Fsp3) is 0.150. The number of fused-ring (bicyclic) bond motifs is 1. The predicted molar refractivity (Wildman–Crippen MR) is 108 cm³/mol. The number of halogens is 1. The smallest absolute Gasteiger partial charge is 0.349 e. The number of nitriles is 1. The van der Waals surface area contributed by atoms with Gasteiger partial charge >= 0.3 is 5.97 Å². The molecule has 1 aliphatic rings. The summed E-state index contributed by atoms with van der Waals surface area (Å²) < 4.78 is 15.5. The van der Waals surface area contributed by atoms with Crippen LogP contribution in [0.2, 0.25) is 5.02 Å². The lowest BCUT2D eigenvalue weighted by molar-refractivity contribution is -0.384. The van der Waals surface area contributed by atoms with Gasteiger partial charge in [0.15, 0.2) is 17.6 Å². The maximum Gasteiger partial charge on any atom is 0.349 e.